The number of likely N-dealkylation sites (N-methyl/N-ethyl adjacent to an activating group) is 3. The Kier molecular flexibility index (Phi) is 16.0. The van der Waals surface area contributed by atoms with Crippen molar-refractivity contribution >= 4 is 8.80 Å². The van der Waals surface area contributed by atoms with Gasteiger partial charge in [0.25, 0.3) is 0 Å². The predicted molar refractivity (Wildman–Crippen MR) is 113 cm³/mol. The third-order valence-electron chi connectivity index (χ3n) is 5.00. The average Bonchev–Trinajstić information content (AvgIpc) is 2.66. The molecule has 26 heavy (non-hydrogen) atoms. The highest BCUT2D eigenvalue weighted by molar-refractivity contribution is 6.59. The molecule has 0 saturated heterocycles. The molecule has 0 rings (SSSR count). The highest BCUT2D eigenvalue weighted by atomic mass is 28.4. The molecule has 0 radical (unpaired) electrons. The maximum atomic E-state index is 6.18. The van der Waals surface area contributed by atoms with Crippen molar-refractivity contribution in [1.29, 1.82) is 0 Å². The standard InChI is InChI=1S/C19H45N3O3Si/c1-8-20(9-2)14-17-23-26(7,24-18-15-21(10-3)11-4)25-19-16-22(12-5)13-6/h8-19H2,1-7H3. The van der Waals surface area contributed by atoms with Crippen molar-refractivity contribution in [1.82, 2.24) is 14.7 Å². The van der Waals surface area contributed by atoms with E-state index in [1.165, 1.54) is 0 Å². The molecule has 0 spiro atoms. The van der Waals surface area contributed by atoms with Crippen LogP contribution in [0.4, 0.5) is 0 Å². The molecule has 0 saturated carbocycles. The first-order chi connectivity index (χ1) is 12.5. The maximum absolute atomic E-state index is 6.18. The second-order valence-corrected chi connectivity index (χ2v) is 9.08. The summed E-state index contributed by atoms with van der Waals surface area (Å²) >= 11 is 0. The van der Waals surface area contributed by atoms with E-state index in [1.807, 2.05) is 6.55 Å². The summed E-state index contributed by atoms with van der Waals surface area (Å²) in [5.41, 5.74) is 0. The van der Waals surface area contributed by atoms with E-state index in [0.29, 0.717) is 19.8 Å². The SMILES string of the molecule is CCN(CC)CCO[Si](C)(OCCN(CC)CC)OCCN(CC)CC. The van der Waals surface area contributed by atoms with Crippen LogP contribution in [0.1, 0.15) is 41.5 Å². The van der Waals surface area contributed by atoms with Gasteiger partial charge in [-0.1, -0.05) is 41.5 Å². The van der Waals surface area contributed by atoms with Crippen LogP contribution in [0.15, 0.2) is 0 Å². The Morgan fingerprint density at radius 3 is 0.923 bits per heavy atom. The maximum Gasteiger partial charge on any atom is 0.497 e. The Morgan fingerprint density at radius 2 is 0.731 bits per heavy atom. The molecule has 6 nitrogen and oxygen atoms in total. The van der Waals surface area contributed by atoms with Gasteiger partial charge < -0.3 is 28.0 Å². The Labute approximate surface area is 164 Å². The lowest BCUT2D eigenvalue weighted by Crippen LogP contribution is -2.47. The second kappa shape index (κ2) is 16.0. The highest BCUT2D eigenvalue weighted by Crippen LogP contribution is 2.10. The second-order valence-electron chi connectivity index (χ2n) is 6.49. The van der Waals surface area contributed by atoms with E-state index in [9.17, 15) is 0 Å². The Bertz CT molecular complexity index is 267. The van der Waals surface area contributed by atoms with Crippen LogP contribution in [0.5, 0.6) is 0 Å². The molecule has 0 aromatic rings. The van der Waals surface area contributed by atoms with Crippen molar-refractivity contribution in [3.05, 3.63) is 0 Å². The molecule has 0 aliphatic rings. The molecule has 7 heteroatoms. The summed E-state index contributed by atoms with van der Waals surface area (Å²) in [6.45, 7) is 26.2. The van der Waals surface area contributed by atoms with E-state index in [0.717, 1.165) is 58.9 Å². The lowest BCUT2D eigenvalue weighted by molar-refractivity contribution is 0.0461. The minimum Gasteiger partial charge on any atom is -0.372 e. The molecule has 0 bridgehead atoms. The van der Waals surface area contributed by atoms with Gasteiger partial charge in [0, 0.05) is 26.2 Å². The summed E-state index contributed by atoms with van der Waals surface area (Å²) in [5, 5.41) is 0. The van der Waals surface area contributed by atoms with Gasteiger partial charge in [0.2, 0.25) is 0 Å². The van der Waals surface area contributed by atoms with E-state index < -0.39 is 8.80 Å². The van der Waals surface area contributed by atoms with Crippen molar-refractivity contribution in [3.63, 3.8) is 0 Å². The van der Waals surface area contributed by atoms with Gasteiger partial charge in [0.1, 0.15) is 0 Å². The molecule has 0 atom stereocenters. The van der Waals surface area contributed by atoms with Crippen LogP contribution in [-0.4, -0.2) is 102 Å². The van der Waals surface area contributed by atoms with Crippen molar-refractivity contribution < 1.29 is 13.3 Å². The third kappa shape index (κ3) is 11.6. The molecule has 0 N–H and O–H groups in total. The van der Waals surface area contributed by atoms with E-state index >= 15 is 0 Å². The Morgan fingerprint density at radius 1 is 0.500 bits per heavy atom. The van der Waals surface area contributed by atoms with Crippen molar-refractivity contribution in [2.75, 3.05) is 78.7 Å². The minimum atomic E-state index is -2.61. The van der Waals surface area contributed by atoms with Gasteiger partial charge in [-0.2, -0.15) is 0 Å². The summed E-state index contributed by atoms with van der Waals surface area (Å²) < 4.78 is 18.5. The van der Waals surface area contributed by atoms with Gasteiger partial charge in [-0.05, 0) is 39.3 Å². The van der Waals surface area contributed by atoms with Gasteiger partial charge in [0.15, 0.2) is 0 Å². The fourth-order valence-corrected chi connectivity index (χ4v) is 4.46. The van der Waals surface area contributed by atoms with Crippen LogP contribution in [-0.2, 0) is 13.3 Å². The summed E-state index contributed by atoms with van der Waals surface area (Å²) in [6, 6.07) is 0. The van der Waals surface area contributed by atoms with Crippen LogP contribution < -0.4 is 0 Å². The zero-order chi connectivity index (χ0) is 19.8. The van der Waals surface area contributed by atoms with Crippen LogP contribution in [0, 0.1) is 0 Å². The minimum absolute atomic E-state index is 0.668. The molecule has 0 heterocycles. The lowest BCUT2D eigenvalue weighted by Gasteiger charge is -2.30. The van der Waals surface area contributed by atoms with E-state index in [1.54, 1.807) is 0 Å². The van der Waals surface area contributed by atoms with Crippen LogP contribution in [0.3, 0.4) is 0 Å². The van der Waals surface area contributed by atoms with Gasteiger partial charge in [-0.3, -0.25) is 0 Å². The third-order valence-corrected chi connectivity index (χ3v) is 7.18. The lowest BCUT2D eigenvalue weighted by atomic mass is 10.5. The molecule has 0 aromatic heterocycles. The smallest absolute Gasteiger partial charge is 0.372 e. The van der Waals surface area contributed by atoms with E-state index in [2.05, 4.69) is 56.2 Å². The van der Waals surface area contributed by atoms with Crippen LogP contribution in [0.25, 0.3) is 0 Å². The molecule has 158 valence electrons. The molecule has 0 unspecified atom stereocenters. The normalized spacial score (nSPS) is 12.7. The van der Waals surface area contributed by atoms with Crippen LogP contribution >= 0.6 is 0 Å². The van der Waals surface area contributed by atoms with Gasteiger partial charge in [-0.25, -0.2) is 0 Å². The fourth-order valence-electron chi connectivity index (χ4n) is 2.82. The predicted octanol–water partition coefficient (Wildman–Crippen LogP) is 2.63. The van der Waals surface area contributed by atoms with Crippen molar-refractivity contribution in [3.8, 4) is 0 Å². The molecular weight excluding hydrogens is 346 g/mol. The summed E-state index contributed by atoms with van der Waals surface area (Å²) in [5.74, 6) is 0. The molecule has 0 aromatic carbocycles. The number of nitrogens with zero attached hydrogens (tertiary/aromatic N) is 3. The first-order valence-corrected chi connectivity index (χ1v) is 12.8. The van der Waals surface area contributed by atoms with E-state index in [4.69, 9.17) is 13.3 Å². The van der Waals surface area contributed by atoms with E-state index in [-0.39, 0.29) is 0 Å². The first-order valence-electron chi connectivity index (χ1n) is 10.6. The average molecular weight is 392 g/mol. The highest BCUT2D eigenvalue weighted by Gasteiger charge is 2.35. The Balaban J connectivity index is 4.52. The van der Waals surface area contributed by atoms with Crippen molar-refractivity contribution in [2.24, 2.45) is 0 Å². The quantitative estimate of drug-likeness (QED) is 0.334. The van der Waals surface area contributed by atoms with Gasteiger partial charge >= 0.3 is 8.80 Å². The molecule has 0 amide bonds. The van der Waals surface area contributed by atoms with Gasteiger partial charge in [0.05, 0.1) is 19.8 Å². The summed E-state index contributed by atoms with van der Waals surface area (Å²) in [7, 11) is -2.61. The largest absolute Gasteiger partial charge is 0.497 e. The summed E-state index contributed by atoms with van der Waals surface area (Å²) in [6.07, 6.45) is 0. The van der Waals surface area contributed by atoms with Crippen LogP contribution in [0.2, 0.25) is 6.55 Å². The first kappa shape index (κ1) is 26.0. The number of hydrogen-bond acceptors (Lipinski definition) is 6. The zero-order valence-corrected chi connectivity index (χ0v) is 19.6. The topological polar surface area (TPSA) is 37.4 Å². The molecule has 0 fully saturated rings. The fraction of sp³-hybridized carbons (Fsp3) is 1.00. The number of hydrogen-bond donors (Lipinski definition) is 0. The molecular formula is C19H45N3O3Si. The zero-order valence-electron chi connectivity index (χ0n) is 18.6. The van der Waals surface area contributed by atoms with Crippen molar-refractivity contribution in [2.45, 2.75) is 48.1 Å². The Hall–Kier alpha value is -0.0231. The monoisotopic (exact) mass is 391 g/mol. The molecule has 0 aliphatic carbocycles. The molecule has 0 aliphatic heterocycles. The number of rotatable bonds is 18. The van der Waals surface area contributed by atoms with Gasteiger partial charge in [-0.15, -0.1) is 0 Å². The summed E-state index contributed by atoms with van der Waals surface area (Å²) in [4.78, 5) is 7.09.